The van der Waals surface area contributed by atoms with Gasteiger partial charge in [0.2, 0.25) is 0 Å². The van der Waals surface area contributed by atoms with E-state index in [-0.39, 0.29) is 12.4 Å². The van der Waals surface area contributed by atoms with E-state index in [4.69, 9.17) is 9.26 Å². The lowest BCUT2D eigenvalue weighted by Crippen LogP contribution is -2.11. The average molecular weight is 265 g/mol. The number of hydrogen-bond acceptors (Lipinski definition) is 5. The van der Waals surface area contributed by atoms with Crippen LogP contribution in [0.25, 0.3) is 0 Å². The van der Waals surface area contributed by atoms with Crippen molar-refractivity contribution in [2.45, 2.75) is 27.0 Å². The predicted octanol–water partition coefficient (Wildman–Crippen LogP) is 2.21. The van der Waals surface area contributed by atoms with E-state index in [1.807, 2.05) is 13.0 Å². The molecule has 0 radical (unpaired) electrons. The van der Waals surface area contributed by atoms with E-state index in [2.05, 4.69) is 15.5 Å². The lowest BCUT2D eigenvalue weighted by Gasteiger charge is -2.07. The van der Waals surface area contributed by atoms with Gasteiger partial charge in [-0.1, -0.05) is 18.1 Å². The molecule has 1 N–H and O–H groups in total. The minimum absolute atomic E-state index is 0.0598. The Labute approximate surface area is 110 Å². The fourth-order valence-corrected chi connectivity index (χ4v) is 1.58. The molecule has 2 aromatic rings. The first-order valence-corrected chi connectivity index (χ1v) is 6.10. The van der Waals surface area contributed by atoms with Gasteiger partial charge in [-0.15, -0.1) is 0 Å². The van der Waals surface area contributed by atoms with Gasteiger partial charge in [0.1, 0.15) is 0 Å². The minimum atomic E-state index is -0.397. The predicted molar refractivity (Wildman–Crippen MR) is 67.1 cm³/mol. The Morgan fingerprint density at radius 3 is 2.89 bits per heavy atom. The molecule has 5 nitrogen and oxygen atoms in total. The number of nitrogens with one attached hydrogen (secondary N) is 1. The van der Waals surface area contributed by atoms with Crippen LogP contribution < -0.4 is 10.1 Å². The monoisotopic (exact) mass is 265 g/mol. The highest BCUT2D eigenvalue weighted by Gasteiger charge is 2.08. The molecule has 0 aliphatic rings. The van der Waals surface area contributed by atoms with Gasteiger partial charge in [0.05, 0.1) is 0 Å². The number of benzene rings is 1. The number of rotatable bonds is 6. The lowest BCUT2D eigenvalue weighted by atomic mass is 10.2. The smallest absolute Gasteiger partial charge is 0.264 e. The van der Waals surface area contributed by atoms with E-state index in [1.54, 1.807) is 13.0 Å². The quantitative estimate of drug-likeness (QED) is 0.867. The van der Waals surface area contributed by atoms with Gasteiger partial charge in [-0.2, -0.15) is 4.98 Å². The maximum atomic E-state index is 13.8. The summed E-state index contributed by atoms with van der Waals surface area (Å²) in [5.41, 5.74) is 0.875. The largest absolute Gasteiger partial charge is 0.481 e. The van der Waals surface area contributed by atoms with Crippen molar-refractivity contribution in [3.63, 3.8) is 0 Å². The Kier molecular flexibility index (Phi) is 4.46. The Balaban J connectivity index is 1.96. The Morgan fingerprint density at radius 1 is 1.42 bits per heavy atom. The van der Waals surface area contributed by atoms with Crippen molar-refractivity contribution < 1.29 is 13.7 Å². The maximum Gasteiger partial charge on any atom is 0.264 e. The highest BCUT2D eigenvalue weighted by atomic mass is 19.1. The number of aryl methyl sites for hydroxylation is 1. The lowest BCUT2D eigenvalue weighted by molar-refractivity contribution is 0.234. The van der Waals surface area contributed by atoms with E-state index in [0.29, 0.717) is 18.3 Å². The molecule has 0 amide bonds. The molecular weight excluding hydrogens is 249 g/mol. The molecule has 1 aromatic carbocycles. The topological polar surface area (TPSA) is 60.2 Å². The van der Waals surface area contributed by atoms with E-state index >= 15 is 0 Å². The van der Waals surface area contributed by atoms with Gasteiger partial charge in [0.25, 0.3) is 5.89 Å². The summed E-state index contributed by atoms with van der Waals surface area (Å²) in [6, 6.07) is 4.88. The van der Waals surface area contributed by atoms with Crippen molar-refractivity contribution in [1.82, 2.24) is 15.5 Å². The molecule has 0 atom stereocenters. The van der Waals surface area contributed by atoms with Gasteiger partial charge >= 0.3 is 0 Å². The SMILES string of the molecule is CCNCc1ccc(OCc2nc(C)no2)c(F)c1. The Hall–Kier alpha value is -1.95. The van der Waals surface area contributed by atoms with Crippen LogP contribution >= 0.6 is 0 Å². The van der Waals surface area contributed by atoms with Crippen LogP contribution in [0.5, 0.6) is 5.75 Å². The molecule has 0 spiro atoms. The van der Waals surface area contributed by atoms with Crippen LogP contribution in [0.4, 0.5) is 4.39 Å². The maximum absolute atomic E-state index is 13.8. The van der Waals surface area contributed by atoms with Crippen LogP contribution in [0.3, 0.4) is 0 Å². The van der Waals surface area contributed by atoms with Crippen LogP contribution in [-0.4, -0.2) is 16.7 Å². The zero-order valence-corrected chi connectivity index (χ0v) is 10.9. The van der Waals surface area contributed by atoms with Crippen LogP contribution in [-0.2, 0) is 13.2 Å². The summed E-state index contributed by atoms with van der Waals surface area (Å²) >= 11 is 0. The van der Waals surface area contributed by atoms with Crippen LogP contribution in [0.15, 0.2) is 22.7 Å². The first kappa shape index (κ1) is 13.5. The number of aromatic nitrogens is 2. The van der Waals surface area contributed by atoms with Crippen LogP contribution in [0.2, 0.25) is 0 Å². The number of halogens is 1. The molecule has 0 aliphatic carbocycles. The molecule has 2 rings (SSSR count). The van der Waals surface area contributed by atoms with Crippen LogP contribution in [0.1, 0.15) is 24.2 Å². The zero-order chi connectivity index (χ0) is 13.7. The van der Waals surface area contributed by atoms with Gasteiger partial charge < -0.3 is 14.6 Å². The standard InChI is InChI=1S/C13H16FN3O2/c1-3-15-7-10-4-5-12(11(14)6-10)18-8-13-16-9(2)17-19-13/h4-6,15H,3,7-8H2,1-2H3. The van der Waals surface area contributed by atoms with Gasteiger partial charge in [0, 0.05) is 6.54 Å². The van der Waals surface area contributed by atoms with E-state index in [1.165, 1.54) is 6.07 Å². The van der Waals surface area contributed by atoms with Crippen LogP contribution in [0, 0.1) is 12.7 Å². The van der Waals surface area contributed by atoms with Gasteiger partial charge in [-0.3, -0.25) is 0 Å². The van der Waals surface area contributed by atoms with Crippen molar-refractivity contribution in [2.24, 2.45) is 0 Å². The molecule has 0 aliphatic heterocycles. The molecule has 19 heavy (non-hydrogen) atoms. The highest BCUT2D eigenvalue weighted by molar-refractivity contribution is 5.29. The first-order chi connectivity index (χ1) is 9.19. The number of nitrogens with zero attached hydrogens (tertiary/aromatic N) is 2. The number of hydrogen-bond donors (Lipinski definition) is 1. The molecule has 0 saturated carbocycles. The number of ether oxygens (including phenoxy) is 1. The second kappa shape index (κ2) is 6.29. The fourth-order valence-electron chi connectivity index (χ4n) is 1.58. The van der Waals surface area contributed by atoms with Gasteiger partial charge in [-0.25, -0.2) is 4.39 Å². The molecular formula is C13H16FN3O2. The molecule has 0 unspecified atom stereocenters. The third-order valence-electron chi connectivity index (χ3n) is 2.50. The van der Waals surface area contributed by atoms with Gasteiger partial charge in [-0.05, 0) is 31.2 Å². The van der Waals surface area contributed by atoms with Crippen molar-refractivity contribution in [1.29, 1.82) is 0 Å². The van der Waals surface area contributed by atoms with Crippen molar-refractivity contribution in [3.05, 3.63) is 41.3 Å². The summed E-state index contributed by atoms with van der Waals surface area (Å²) in [7, 11) is 0. The summed E-state index contributed by atoms with van der Waals surface area (Å²) in [6.45, 7) is 5.25. The average Bonchev–Trinajstić information content (AvgIpc) is 2.81. The molecule has 0 fully saturated rings. The summed E-state index contributed by atoms with van der Waals surface area (Å²) in [4.78, 5) is 3.98. The molecule has 6 heteroatoms. The second-order valence-corrected chi connectivity index (χ2v) is 4.07. The first-order valence-electron chi connectivity index (χ1n) is 6.10. The highest BCUT2D eigenvalue weighted by Crippen LogP contribution is 2.19. The Bertz CT molecular complexity index is 542. The van der Waals surface area contributed by atoms with E-state index in [9.17, 15) is 4.39 Å². The summed E-state index contributed by atoms with van der Waals surface area (Å²) in [5, 5.41) is 6.76. The van der Waals surface area contributed by atoms with Crippen molar-refractivity contribution in [2.75, 3.05) is 6.54 Å². The third kappa shape index (κ3) is 3.75. The molecule has 0 bridgehead atoms. The molecule has 0 saturated heterocycles. The van der Waals surface area contributed by atoms with Gasteiger partial charge in [0.15, 0.2) is 24.0 Å². The molecule has 102 valence electrons. The molecule has 1 aromatic heterocycles. The fraction of sp³-hybridized carbons (Fsp3) is 0.385. The van der Waals surface area contributed by atoms with E-state index < -0.39 is 5.82 Å². The zero-order valence-electron chi connectivity index (χ0n) is 10.9. The molecule has 1 heterocycles. The normalized spacial score (nSPS) is 10.7. The minimum Gasteiger partial charge on any atom is -0.481 e. The van der Waals surface area contributed by atoms with Crippen molar-refractivity contribution in [3.8, 4) is 5.75 Å². The van der Waals surface area contributed by atoms with E-state index in [0.717, 1.165) is 12.1 Å². The second-order valence-electron chi connectivity index (χ2n) is 4.07. The summed E-state index contributed by atoms with van der Waals surface area (Å²) in [5.74, 6) is 0.636. The van der Waals surface area contributed by atoms with Crippen molar-refractivity contribution >= 4 is 0 Å². The summed E-state index contributed by atoms with van der Waals surface area (Å²) in [6.07, 6.45) is 0. The summed E-state index contributed by atoms with van der Waals surface area (Å²) < 4.78 is 24.0. The third-order valence-corrected chi connectivity index (χ3v) is 2.50. The Morgan fingerprint density at radius 2 is 2.26 bits per heavy atom.